The normalized spacial score (nSPS) is 22.0. The monoisotopic (exact) mass is 813 g/mol. The Morgan fingerprint density at radius 2 is 1.03 bits per heavy atom. The summed E-state index contributed by atoms with van der Waals surface area (Å²) in [6.07, 6.45) is 17.2. The number of carboxylic acid groups (broad SMARTS) is 4. The molecule has 59 heavy (non-hydrogen) atoms. The van der Waals surface area contributed by atoms with Gasteiger partial charge < -0.3 is 24.8 Å². The van der Waals surface area contributed by atoms with Gasteiger partial charge in [-0.2, -0.15) is 0 Å². The first-order valence-corrected chi connectivity index (χ1v) is 20.2. The molecule has 16 nitrogen and oxygen atoms in total. The number of pyridine rings is 3. The Balaban J connectivity index is 0.000000150. The number of hydrogen-bond acceptors (Lipinski definition) is 12. The van der Waals surface area contributed by atoms with Crippen LogP contribution in [0.25, 0.3) is 0 Å². The lowest BCUT2D eigenvalue weighted by Gasteiger charge is -2.20. The van der Waals surface area contributed by atoms with E-state index in [0.29, 0.717) is 26.2 Å². The minimum Gasteiger partial charge on any atom is -0.480 e. The summed E-state index contributed by atoms with van der Waals surface area (Å²) in [5.41, 5.74) is 3.13. The number of hydrogen-bond donors (Lipinski definition) is 4. The SMILES string of the molecule is O=C(O)[C@@H]1CCCN1Cc1ccccn1.O=C(O)[C@@H]1CCCN1Cc1cccnc1.O=C(O)[C@@H]1CCCN1Cc1ccco1.O=C(O)[C@@H]1CCCN1Cc1ccncc1. The lowest BCUT2D eigenvalue weighted by molar-refractivity contribution is -0.143. The fraction of sp³-hybridized carbons (Fsp3) is 0.465. The molecule has 0 amide bonds. The van der Waals surface area contributed by atoms with Crippen molar-refractivity contribution in [1.82, 2.24) is 34.6 Å². The van der Waals surface area contributed by atoms with E-state index in [1.807, 2.05) is 74.2 Å². The molecule has 4 aliphatic rings. The van der Waals surface area contributed by atoms with Crippen molar-refractivity contribution >= 4 is 23.9 Å². The minimum atomic E-state index is -0.728. The number of rotatable bonds is 12. The molecule has 0 bridgehead atoms. The summed E-state index contributed by atoms with van der Waals surface area (Å²) in [4.78, 5) is 63.8. The summed E-state index contributed by atoms with van der Waals surface area (Å²) >= 11 is 0. The summed E-state index contributed by atoms with van der Waals surface area (Å²) in [7, 11) is 0. The van der Waals surface area contributed by atoms with Crippen molar-refractivity contribution in [1.29, 1.82) is 0 Å². The van der Waals surface area contributed by atoms with Crippen LogP contribution >= 0.6 is 0 Å². The zero-order chi connectivity index (χ0) is 42.0. The molecule has 0 spiro atoms. The molecule has 4 aliphatic heterocycles. The average Bonchev–Trinajstić information content (AvgIpc) is 4.09. The molecule has 4 aromatic heterocycles. The Kier molecular flexibility index (Phi) is 17.5. The Labute approximate surface area is 344 Å². The maximum atomic E-state index is 10.9. The van der Waals surface area contributed by atoms with E-state index < -0.39 is 23.9 Å². The van der Waals surface area contributed by atoms with Gasteiger partial charge in [0, 0.05) is 50.6 Å². The van der Waals surface area contributed by atoms with Crippen LogP contribution in [0, 0.1) is 0 Å². The molecular weight excluding hydrogens is 759 g/mol. The van der Waals surface area contributed by atoms with E-state index in [1.165, 1.54) is 0 Å². The zero-order valence-electron chi connectivity index (χ0n) is 33.2. The molecule has 8 heterocycles. The lowest BCUT2D eigenvalue weighted by atomic mass is 10.2. The molecule has 0 aromatic carbocycles. The molecule has 0 unspecified atom stereocenters. The first-order chi connectivity index (χ1) is 28.6. The van der Waals surface area contributed by atoms with Crippen molar-refractivity contribution < 1.29 is 44.0 Å². The molecule has 4 saturated heterocycles. The highest BCUT2D eigenvalue weighted by molar-refractivity contribution is 5.75. The van der Waals surface area contributed by atoms with Gasteiger partial charge in [0.2, 0.25) is 0 Å². The number of carboxylic acids is 4. The Morgan fingerprint density at radius 3 is 1.47 bits per heavy atom. The molecule has 8 rings (SSSR count). The van der Waals surface area contributed by atoms with E-state index >= 15 is 0 Å². The summed E-state index contributed by atoms with van der Waals surface area (Å²) in [6, 6.07) is 15.8. The molecule has 4 fully saturated rings. The zero-order valence-corrected chi connectivity index (χ0v) is 33.2. The number of furan rings is 1. The molecule has 4 N–H and O–H groups in total. The van der Waals surface area contributed by atoms with Crippen LogP contribution < -0.4 is 0 Å². The highest BCUT2D eigenvalue weighted by Gasteiger charge is 2.33. The van der Waals surface area contributed by atoms with E-state index in [0.717, 1.165) is 100 Å². The first-order valence-electron chi connectivity index (χ1n) is 20.2. The number of nitrogens with zero attached hydrogens (tertiary/aromatic N) is 7. The van der Waals surface area contributed by atoms with Crippen molar-refractivity contribution in [2.75, 3.05) is 26.2 Å². The minimum absolute atomic E-state index is 0.307. The van der Waals surface area contributed by atoms with Crippen molar-refractivity contribution in [2.24, 2.45) is 0 Å². The molecule has 0 radical (unpaired) electrons. The van der Waals surface area contributed by atoms with Crippen molar-refractivity contribution in [2.45, 2.75) is 102 Å². The maximum absolute atomic E-state index is 10.9. The Morgan fingerprint density at radius 1 is 0.525 bits per heavy atom. The van der Waals surface area contributed by atoms with E-state index in [4.69, 9.17) is 24.8 Å². The second kappa shape index (κ2) is 23.1. The topological polar surface area (TPSA) is 214 Å². The molecule has 4 atom stereocenters. The molecule has 316 valence electrons. The van der Waals surface area contributed by atoms with Gasteiger partial charge in [0.1, 0.15) is 29.9 Å². The van der Waals surface area contributed by atoms with Crippen LogP contribution in [-0.4, -0.2) is 129 Å². The van der Waals surface area contributed by atoms with Gasteiger partial charge in [-0.05, 0) is 131 Å². The molecule has 0 aliphatic carbocycles. The number of aliphatic carboxylic acids is 4. The van der Waals surface area contributed by atoms with Crippen LogP contribution in [0.4, 0.5) is 0 Å². The van der Waals surface area contributed by atoms with Gasteiger partial charge in [-0.15, -0.1) is 0 Å². The van der Waals surface area contributed by atoms with Crippen LogP contribution in [0.2, 0.25) is 0 Å². The molecular formula is C43H55N7O9. The van der Waals surface area contributed by atoms with E-state index in [9.17, 15) is 19.2 Å². The fourth-order valence-electron chi connectivity index (χ4n) is 7.93. The number of aromatic nitrogens is 3. The van der Waals surface area contributed by atoms with Crippen molar-refractivity contribution in [3.8, 4) is 0 Å². The van der Waals surface area contributed by atoms with Gasteiger partial charge in [-0.25, -0.2) is 0 Å². The van der Waals surface area contributed by atoms with Gasteiger partial charge in [-0.3, -0.25) is 53.7 Å². The third kappa shape index (κ3) is 14.1. The van der Waals surface area contributed by atoms with Crippen molar-refractivity contribution in [3.63, 3.8) is 0 Å². The van der Waals surface area contributed by atoms with Crippen LogP contribution in [-0.2, 0) is 45.4 Å². The average molecular weight is 814 g/mol. The predicted molar refractivity (Wildman–Crippen MR) is 216 cm³/mol. The van der Waals surface area contributed by atoms with E-state index in [2.05, 4.69) is 15.0 Å². The Bertz CT molecular complexity index is 1710. The smallest absolute Gasteiger partial charge is 0.320 e. The van der Waals surface area contributed by atoms with Gasteiger partial charge in [0.15, 0.2) is 0 Å². The molecule has 4 aromatic rings. The van der Waals surface area contributed by atoms with Gasteiger partial charge in [-0.1, -0.05) is 12.1 Å². The number of likely N-dealkylation sites (tertiary alicyclic amines) is 4. The second-order valence-electron chi connectivity index (χ2n) is 15.0. The standard InChI is InChI=1S/3C11H14N2O2.C10H13NO3/c14-11(15)10-4-2-6-13(10)8-9-3-1-5-12-7-9;14-11(15)10-2-1-7-13(10)8-9-3-5-12-6-4-9;14-11(15)10-5-3-7-13(10)8-9-4-1-2-6-12-9;12-10(13)9-4-1-5-11(9)7-8-3-2-6-14-8/h1,3,5,7,10H,2,4,6,8H2,(H,14,15);3-6,10H,1-2,7-8H2,(H,14,15);1-2,4,6,10H,3,5,7-8H2,(H,14,15);2-3,6,9H,1,4-5,7H2,(H,12,13)/t3*10-;9-/m0000/s1. The fourth-order valence-corrected chi connectivity index (χ4v) is 7.93. The van der Waals surface area contributed by atoms with Gasteiger partial charge in [0.25, 0.3) is 0 Å². The lowest BCUT2D eigenvalue weighted by Crippen LogP contribution is -2.35. The number of carbonyl (C=O) groups is 4. The van der Waals surface area contributed by atoms with Gasteiger partial charge >= 0.3 is 23.9 Å². The highest BCUT2D eigenvalue weighted by Crippen LogP contribution is 2.23. The van der Waals surface area contributed by atoms with Crippen LogP contribution in [0.1, 0.15) is 73.9 Å². The van der Waals surface area contributed by atoms with Crippen LogP contribution in [0.3, 0.4) is 0 Å². The summed E-state index contributed by atoms with van der Waals surface area (Å²) < 4.78 is 5.19. The van der Waals surface area contributed by atoms with Gasteiger partial charge in [0.05, 0.1) is 18.5 Å². The third-order valence-corrected chi connectivity index (χ3v) is 10.9. The van der Waals surface area contributed by atoms with Crippen molar-refractivity contribution in [3.05, 3.63) is 114 Å². The van der Waals surface area contributed by atoms with Crippen LogP contribution in [0.15, 0.2) is 96.3 Å². The van der Waals surface area contributed by atoms with E-state index in [1.54, 1.807) is 37.2 Å². The molecule has 0 saturated carbocycles. The summed E-state index contributed by atoms with van der Waals surface area (Å²) in [6.45, 7) is 6.07. The van der Waals surface area contributed by atoms with Crippen LogP contribution in [0.5, 0.6) is 0 Å². The maximum Gasteiger partial charge on any atom is 0.320 e. The summed E-state index contributed by atoms with van der Waals surface area (Å²) in [5, 5.41) is 36.0. The predicted octanol–water partition coefficient (Wildman–Crippen LogP) is 4.72. The Hall–Kier alpha value is -5.55. The second-order valence-corrected chi connectivity index (χ2v) is 15.0. The quantitative estimate of drug-likeness (QED) is 0.152. The van der Waals surface area contributed by atoms with E-state index in [-0.39, 0.29) is 24.2 Å². The third-order valence-electron chi connectivity index (χ3n) is 10.9. The summed E-state index contributed by atoms with van der Waals surface area (Å²) in [5.74, 6) is -2.03. The molecule has 16 heteroatoms. The largest absolute Gasteiger partial charge is 0.480 e. The highest BCUT2D eigenvalue weighted by atomic mass is 16.4. The first kappa shape index (κ1) is 44.6.